The number of nitrogens with zero attached hydrogens (tertiary/aromatic N) is 3. The topological polar surface area (TPSA) is 67.3 Å². The van der Waals surface area contributed by atoms with Gasteiger partial charge in [0.1, 0.15) is 11.4 Å². The number of halogens is 1. The predicted molar refractivity (Wildman–Crippen MR) is 88.6 cm³/mol. The summed E-state index contributed by atoms with van der Waals surface area (Å²) in [5, 5.41) is 11.7. The van der Waals surface area contributed by atoms with Crippen LogP contribution in [0, 0.1) is 0 Å². The molecule has 23 heavy (non-hydrogen) atoms. The van der Waals surface area contributed by atoms with Crippen LogP contribution in [0.15, 0.2) is 12.1 Å². The zero-order valence-corrected chi connectivity index (χ0v) is 14.5. The number of hydrogen-bond donors (Lipinski definition) is 1. The molecule has 126 valence electrons. The molecule has 6 nitrogen and oxygen atoms in total. The molecule has 2 saturated heterocycles. The molecule has 0 aromatic carbocycles. The van der Waals surface area contributed by atoms with Crippen molar-refractivity contribution in [3.63, 3.8) is 0 Å². The molecule has 0 radical (unpaired) electrons. The average molecular weight is 339 g/mol. The Kier molecular flexibility index (Phi) is 4.36. The maximum Gasteiger partial charge on any atom is 0.410 e. The zero-order chi connectivity index (χ0) is 16.6. The first-order chi connectivity index (χ1) is 10.8. The molecule has 2 bridgehead atoms. The molecule has 2 aliphatic rings. The molecule has 1 N–H and O–H groups in total. The van der Waals surface area contributed by atoms with Gasteiger partial charge in [-0.3, -0.25) is 0 Å². The van der Waals surface area contributed by atoms with Crippen LogP contribution in [0.1, 0.15) is 46.5 Å². The first kappa shape index (κ1) is 16.3. The Hall–Kier alpha value is -1.56. The summed E-state index contributed by atoms with van der Waals surface area (Å²) < 4.78 is 5.55. The van der Waals surface area contributed by atoms with Crippen molar-refractivity contribution in [3.8, 4) is 0 Å². The van der Waals surface area contributed by atoms with Crippen LogP contribution in [-0.4, -0.2) is 44.9 Å². The monoisotopic (exact) mass is 338 g/mol. The summed E-state index contributed by atoms with van der Waals surface area (Å²) in [5.74, 6) is 0.726. The number of carbonyl (C=O) groups excluding carboxylic acids is 1. The summed E-state index contributed by atoms with van der Waals surface area (Å²) in [5.41, 5.74) is -0.454. The minimum atomic E-state index is -0.454. The van der Waals surface area contributed by atoms with E-state index < -0.39 is 5.60 Å². The van der Waals surface area contributed by atoms with E-state index in [9.17, 15) is 4.79 Å². The highest BCUT2D eigenvalue weighted by molar-refractivity contribution is 6.29. The molecule has 1 aromatic rings. The Morgan fingerprint density at radius 3 is 2.43 bits per heavy atom. The smallest absolute Gasteiger partial charge is 0.410 e. The molecular weight excluding hydrogens is 316 g/mol. The van der Waals surface area contributed by atoms with Crippen molar-refractivity contribution in [2.75, 3.05) is 5.32 Å². The van der Waals surface area contributed by atoms with Crippen molar-refractivity contribution in [2.45, 2.75) is 70.2 Å². The number of ether oxygens (including phenoxy) is 1. The van der Waals surface area contributed by atoms with Crippen LogP contribution in [0.2, 0.25) is 5.15 Å². The van der Waals surface area contributed by atoms with E-state index in [-0.39, 0.29) is 18.2 Å². The van der Waals surface area contributed by atoms with Crippen molar-refractivity contribution in [2.24, 2.45) is 0 Å². The molecule has 0 saturated carbocycles. The Morgan fingerprint density at radius 1 is 1.26 bits per heavy atom. The molecule has 7 heteroatoms. The number of anilines is 1. The fraction of sp³-hybridized carbons (Fsp3) is 0.688. The van der Waals surface area contributed by atoms with E-state index in [0.717, 1.165) is 31.5 Å². The van der Waals surface area contributed by atoms with Gasteiger partial charge in [-0.1, -0.05) is 11.6 Å². The number of carbonyl (C=O) groups is 1. The number of amides is 1. The summed E-state index contributed by atoms with van der Waals surface area (Å²) >= 11 is 5.76. The van der Waals surface area contributed by atoms with Crippen molar-refractivity contribution in [1.82, 2.24) is 15.1 Å². The van der Waals surface area contributed by atoms with E-state index >= 15 is 0 Å². The van der Waals surface area contributed by atoms with E-state index in [0.29, 0.717) is 11.2 Å². The molecule has 3 rings (SSSR count). The molecule has 2 fully saturated rings. The van der Waals surface area contributed by atoms with Crippen LogP contribution in [0.4, 0.5) is 10.6 Å². The second-order valence-electron chi connectivity index (χ2n) is 7.33. The third-order valence-corrected chi connectivity index (χ3v) is 4.52. The molecule has 1 aromatic heterocycles. The van der Waals surface area contributed by atoms with Crippen molar-refractivity contribution in [1.29, 1.82) is 0 Å². The van der Waals surface area contributed by atoms with Gasteiger partial charge in [-0.15, -0.1) is 10.2 Å². The zero-order valence-electron chi connectivity index (χ0n) is 13.8. The van der Waals surface area contributed by atoms with E-state index in [1.807, 2.05) is 31.7 Å². The molecule has 0 spiro atoms. The molecule has 2 atom stereocenters. The Morgan fingerprint density at radius 2 is 1.91 bits per heavy atom. The first-order valence-corrected chi connectivity index (χ1v) is 8.47. The lowest BCUT2D eigenvalue weighted by Crippen LogP contribution is -2.51. The van der Waals surface area contributed by atoms with Gasteiger partial charge < -0.3 is 15.0 Å². The normalized spacial score (nSPS) is 27.0. The number of aromatic nitrogens is 2. The fourth-order valence-corrected chi connectivity index (χ4v) is 3.61. The third kappa shape index (κ3) is 3.86. The number of fused-ring (bicyclic) bond motifs is 2. The van der Waals surface area contributed by atoms with Gasteiger partial charge in [-0.25, -0.2) is 4.79 Å². The minimum absolute atomic E-state index is 0.185. The van der Waals surface area contributed by atoms with Crippen molar-refractivity contribution in [3.05, 3.63) is 17.3 Å². The Balaban J connectivity index is 1.62. The number of nitrogens with one attached hydrogen (secondary N) is 1. The van der Waals surface area contributed by atoms with Gasteiger partial charge in [0.25, 0.3) is 0 Å². The van der Waals surface area contributed by atoms with Crippen LogP contribution < -0.4 is 5.32 Å². The molecule has 2 unspecified atom stereocenters. The van der Waals surface area contributed by atoms with Gasteiger partial charge in [-0.2, -0.15) is 0 Å². The van der Waals surface area contributed by atoms with Gasteiger partial charge in [-0.05, 0) is 58.6 Å². The van der Waals surface area contributed by atoms with E-state index in [4.69, 9.17) is 16.3 Å². The number of piperidine rings is 1. The molecule has 1 amide bonds. The highest BCUT2D eigenvalue weighted by Crippen LogP contribution is 2.37. The molecule has 0 aliphatic carbocycles. The van der Waals surface area contributed by atoms with Gasteiger partial charge in [0, 0.05) is 18.1 Å². The van der Waals surface area contributed by atoms with Crippen LogP contribution in [0.5, 0.6) is 0 Å². The highest BCUT2D eigenvalue weighted by atomic mass is 35.5. The number of rotatable bonds is 2. The highest BCUT2D eigenvalue weighted by Gasteiger charge is 2.44. The van der Waals surface area contributed by atoms with Gasteiger partial charge >= 0.3 is 6.09 Å². The van der Waals surface area contributed by atoms with Crippen LogP contribution >= 0.6 is 11.6 Å². The summed E-state index contributed by atoms with van der Waals surface area (Å²) in [6, 6.07) is 4.32. The quantitative estimate of drug-likeness (QED) is 0.894. The standard InChI is InChI=1S/C16H23ClN4O2/c1-16(2,3)23-15(22)21-11-4-5-12(21)9-10(8-11)18-14-7-6-13(17)19-20-14/h6-7,10-12H,4-5,8-9H2,1-3H3,(H,18,20). The second kappa shape index (κ2) is 6.15. The van der Waals surface area contributed by atoms with Crippen LogP contribution in [-0.2, 0) is 4.74 Å². The lowest BCUT2D eigenvalue weighted by atomic mass is 9.98. The Labute approximate surface area is 141 Å². The summed E-state index contributed by atoms with van der Waals surface area (Å²) in [6.07, 6.45) is 3.69. The van der Waals surface area contributed by atoms with E-state index in [2.05, 4.69) is 15.5 Å². The van der Waals surface area contributed by atoms with Crippen molar-refractivity contribution >= 4 is 23.5 Å². The predicted octanol–water partition coefficient (Wildman–Crippen LogP) is 3.47. The van der Waals surface area contributed by atoms with Gasteiger partial charge in [0.05, 0.1) is 0 Å². The lowest BCUT2D eigenvalue weighted by molar-refractivity contribution is 0.00682. The van der Waals surface area contributed by atoms with Gasteiger partial charge in [0.2, 0.25) is 0 Å². The third-order valence-electron chi connectivity index (χ3n) is 4.32. The van der Waals surface area contributed by atoms with Crippen LogP contribution in [0.3, 0.4) is 0 Å². The van der Waals surface area contributed by atoms with E-state index in [1.54, 1.807) is 6.07 Å². The van der Waals surface area contributed by atoms with Crippen LogP contribution in [0.25, 0.3) is 0 Å². The fourth-order valence-electron chi connectivity index (χ4n) is 3.51. The molecular formula is C16H23ClN4O2. The average Bonchev–Trinajstić information content (AvgIpc) is 2.72. The maximum atomic E-state index is 12.4. The Bertz CT molecular complexity index is 558. The molecule has 3 heterocycles. The second-order valence-corrected chi connectivity index (χ2v) is 7.71. The lowest BCUT2D eigenvalue weighted by Gasteiger charge is -2.39. The number of hydrogen-bond acceptors (Lipinski definition) is 5. The molecule has 2 aliphatic heterocycles. The first-order valence-electron chi connectivity index (χ1n) is 8.09. The van der Waals surface area contributed by atoms with E-state index in [1.165, 1.54) is 0 Å². The van der Waals surface area contributed by atoms with Gasteiger partial charge in [0.15, 0.2) is 5.15 Å². The SMILES string of the molecule is CC(C)(C)OC(=O)N1C2CCC1CC(Nc1ccc(Cl)nn1)C2. The minimum Gasteiger partial charge on any atom is -0.444 e. The maximum absolute atomic E-state index is 12.4. The largest absolute Gasteiger partial charge is 0.444 e. The summed E-state index contributed by atoms with van der Waals surface area (Å²) in [7, 11) is 0. The van der Waals surface area contributed by atoms with Crippen molar-refractivity contribution < 1.29 is 9.53 Å². The summed E-state index contributed by atoms with van der Waals surface area (Å²) in [6.45, 7) is 5.71. The summed E-state index contributed by atoms with van der Waals surface area (Å²) in [4.78, 5) is 14.4.